The SMILES string of the molecule is Cc1ccc2c(c1)c1cc(C)ccc1n2-c1ccc(-c2cc(-c3ccccc3)nc(-c3ccccc3)n2)cc1-c1nc(-c2ccccc2)cc(-c2ccccc2)n1. The second-order valence-corrected chi connectivity index (χ2v) is 14.5. The van der Waals surface area contributed by atoms with E-state index in [1.165, 1.54) is 21.9 Å². The number of benzene rings is 7. The van der Waals surface area contributed by atoms with Gasteiger partial charge < -0.3 is 4.57 Å². The standard InChI is InChI=1S/C52H37N5/c1-34-23-26-48-41(29-34)42-30-35(2)24-27-49(42)57(48)50-28-25-40(47-33-44(36-15-7-3-8-16-36)53-51(54-47)39-21-13-6-14-22-39)31-43(50)52-55-45(37-17-9-4-10-18-37)32-46(56-52)38-19-11-5-12-20-38/h3-33H,1-2H3. The van der Waals surface area contributed by atoms with Crippen LogP contribution in [0.25, 0.3) is 95.3 Å². The summed E-state index contributed by atoms with van der Waals surface area (Å²) in [5, 5.41) is 2.42. The molecule has 5 nitrogen and oxygen atoms in total. The average Bonchev–Trinajstić information content (AvgIpc) is 3.59. The van der Waals surface area contributed by atoms with Gasteiger partial charge in [-0.3, -0.25) is 0 Å². The first-order valence-electron chi connectivity index (χ1n) is 19.2. The van der Waals surface area contributed by atoms with E-state index in [1.807, 2.05) is 48.5 Å². The molecule has 0 N–H and O–H groups in total. The van der Waals surface area contributed by atoms with Gasteiger partial charge in [0.1, 0.15) is 0 Å². The lowest BCUT2D eigenvalue weighted by molar-refractivity contribution is 1.13. The Morgan fingerprint density at radius 1 is 0.333 bits per heavy atom. The lowest BCUT2D eigenvalue weighted by Crippen LogP contribution is -2.03. The van der Waals surface area contributed by atoms with Crippen LogP contribution in [0, 0.1) is 13.8 Å². The second-order valence-electron chi connectivity index (χ2n) is 14.5. The van der Waals surface area contributed by atoms with Crippen LogP contribution in [0.4, 0.5) is 0 Å². The van der Waals surface area contributed by atoms with Gasteiger partial charge in [0.2, 0.25) is 0 Å². The Labute approximate surface area is 331 Å². The van der Waals surface area contributed by atoms with Crippen molar-refractivity contribution in [3.63, 3.8) is 0 Å². The highest BCUT2D eigenvalue weighted by Crippen LogP contribution is 2.39. The highest BCUT2D eigenvalue weighted by Gasteiger charge is 2.21. The molecule has 10 rings (SSSR count). The Balaban J connectivity index is 1.28. The van der Waals surface area contributed by atoms with E-state index in [0.717, 1.165) is 72.9 Å². The van der Waals surface area contributed by atoms with Crippen molar-refractivity contribution in [2.75, 3.05) is 0 Å². The van der Waals surface area contributed by atoms with Crippen LogP contribution in [0.1, 0.15) is 11.1 Å². The molecule has 0 amide bonds. The second kappa shape index (κ2) is 14.3. The third-order valence-electron chi connectivity index (χ3n) is 10.5. The minimum Gasteiger partial charge on any atom is -0.309 e. The van der Waals surface area contributed by atoms with Crippen molar-refractivity contribution in [1.82, 2.24) is 24.5 Å². The Kier molecular flexibility index (Phi) is 8.53. The molecule has 0 aliphatic rings. The highest BCUT2D eigenvalue weighted by molar-refractivity contribution is 6.10. The van der Waals surface area contributed by atoms with Gasteiger partial charge in [0.05, 0.1) is 39.5 Å². The van der Waals surface area contributed by atoms with Crippen molar-refractivity contribution in [3.05, 3.63) is 199 Å². The van der Waals surface area contributed by atoms with Crippen molar-refractivity contribution in [1.29, 1.82) is 0 Å². The fraction of sp³-hybridized carbons (Fsp3) is 0.0385. The molecule has 0 saturated carbocycles. The first kappa shape index (κ1) is 34.0. The number of aryl methyl sites for hydroxylation is 2. The monoisotopic (exact) mass is 731 g/mol. The van der Waals surface area contributed by atoms with Gasteiger partial charge in [0.15, 0.2) is 11.6 Å². The van der Waals surface area contributed by atoms with Gasteiger partial charge >= 0.3 is 0 Å². The lowest BCUT2D eigenvalue weighted by Gasteiger charge is -2.17. The predicted molar refractivity (Wildman–Crippen MR) is 234 cm³/mol. The summed E-state index contributed by atoms with van der Waals surface area (Å²) in [4.78, 5) is 21.0. The maximum atomic E-state index is 5.37. The van der Waals surface area contributed by atoms with E-state index < -0.39 is 0 Å². The zero-order valence-electron chi connectivity index (χ0n) is 31.6. The van der Waals surface area contributed by atoms with Gasteiger partial charge in [-0.2, -0.15) is 0 Å². The molecular formula is C52H37N5. The first-order valence-corrected chi connectivity index (χ1v) is 19.2. The van der Waals surface area contributed by atoms with E-state index in [2.05, 4.69) is 158 Å². The third-order valence-corrected chi connectivity index (χ3v) is 10.5. The number of rotatable bonds is 7. The van der Waals surface area contributed by atoms with E-state index in [0.29, 0.717) is 11.6 Å². The van der Waals surface area contributed by atoms with Crippen LogP contribution in [0.2, 0.25) is 0 Å². The Hall–Kier alpha value is -7.50. The maximum absolute atomic E-state index is 5.37. The number of fused-ring (bicyclic) bond motifs is 3. The summed E-state index contributed by atoms with van der Waals surface area (Å²) in [5.41, 5.74) is 14.9. The molecule has 0 fully saturated rings. The Morgan fingerprint density at radius 3 is 1.19 bits per heavy atom. The van der Waals surface area contributed by atoms with Crippen LogP contribution >= 0.6 is 0 Å². The molecule has 5 heteroatoms. The van der Waals surface area contributed by atoms with Gasteiger partial charge in [-0.15, -0.1) is 0 Å². The largest absolute Gasteiger partial charge is 0.309 e. The number of hydrogen-bond donors (Lipinski definition) is 0. The van der Waals surface area contributed by atoms with Crippen LogP contribution in [0.5, 0.6) is 0 Å². The molecule has 10 aromatic rings. The zero-order valence-corrected chi connectivity index (χ0v) is 31.6. The van der Waals surface area contributed by atoms with Crippen molar-refractivity contribution >= 4 is 21.8 Å². The lowest BCUT2D eigenvalue weighted by atomic mass is 10.0. The zero-order chi connectivity index (χ0) is 38.3. The van der Waals surface area contributed by atoms with Gasteiger partial charge in [-0.25, -0.2) is 19.9 Å². The molecule has 0 unspecified atom stereocenters. The van der Waals surface area contributed by atoms with Crippen molar-refractivity contribution in [2.24, 2.45) is 0 Å². The van der Waals surface area contributed by atoms with Crippen molar-refractivity contribution in [2.45, 2.75) is 13.8 Å². The van der Waals surface area contributed by atoms with E-state index in [4.69, 9.17) is 19.9 Å². The molecule has 3 aromatic heterocycles. The molecule has 0 radical (unpaired) electrons. The Morgan fingerprint density at radius 2 is 0.737 bits per heavy atom. The van der Waals surface area contributed by atoms with Gasteiger partial charge in [-0.05, 0) is 62.4 Å². The van der Waals surface area contributed by atoms with Gasteiger partial charge in [0.25, 0.3) is 0 Å². The minimum atomic E-state index is 0.627. The van der Waals surface area contributed by atoms with Crippen molar-refractivity contribution < 1.29 is 0 Å². The maximum Gasteiger partial charge on any atom is 0.162 e. The van der Waals surface area contributed by atoms with Crippen molar-refractivity contribution in [3.8, 4) is 73.5 Å². The van der Waals surface area contributed by atoms with Crippen LogP contribution in [-0.4, -0.2) is 24.5 Å². The molecule has 7 aromatic carbocycles. The third kappa shape index (κ3) is 6.45. The van der Waals surface area contributed by atoms with Gasteiger partial charge in [-0.1, -0.05) is 151 Å². The number of aromatic nitrogens is 5. The summed E-state index contributed by atoms with van der Waals surface area (Å²) >= 11 is 0. The normalized spacial score (nSPS) is 11.3. The topological polar surface area (TPSA) is 56.5 Å². The summed E-state index contributed by atoms with van der Waals surface area (Å²) in [5.74, 6) is 1.29. The highest BCUT2D eigenvalue weighted by atomic mass is 15.0. The fourth-order valence-corrected chi connectivity index (χ4v) is 7.73. The molecule has 270 valence electrons. The molecule has 0 spiro atoms. The average molecular weight is 732 g/mol. The molecule has 0 saturated heterocycles. The molecule has 3 heterocycles. The molecular weight excluding hydrogens is 695 g/mol. The fourth-order valence-electron chi connectivity index (χ4n) is 7.73. The van der Waals surface area contributed by atoms with E-state index >= 15 is 0 Å². The van der Waals surface area contributed by atoms with Gasteiger partial charge in [0, 0.05) is 44.2 Å². The molecule has 0 bridgehead atoms. The quantitative estimate of drug-likeness (QED) is 0.164. The smallest absolute Gasteiger partial charge is 0.162 e. The van der Waals surface area contributed by atoms with E-state index in [9.17, 15) is 0 Å². The number of nitrogens with zero attached hydrogens (tertiary/aromatic N) is 5. The summed E-state index contributed by atoms with van der Waals surface area (Å²) < 4.78 is 2.37. The first-order chi connectivity index (χ1) is 28.1. The van der Waals surface area contributed by atoms with E-state index in [1.54, 1.807) is 0 Å². The van der Waals surface area contributed by atoms with Crippen LogP contribution < -0.4 is 0 Å². The van der Waals surface area contributed by atoms with Crippen LogP contribution in [0.3, 0.4) is 0 Å². The summed E-state index contributed by atoms with van der Waals surface area (Å²) in [6.45, 7) is 4.31. The van der Waals surface area contributed by atoms with Crippen LogP contribution in [0.15, 0.2) is 188 Å². The predicted octanol–water partition coefficient (Wildman–Crippen LogP) is 13.0. The summed E-state index contributed by atoms with van der Waals surface area (Å²) in [7, 11) is 0. The summed E-state index contributed by atoms with van der Waals surface area (Å²) in [6, 6.07) is 65.4. The minimum absolute atomic E-state index is 0.627. The molecule has 0 atom stereocenters. The Bertz CT molecular complexity index is 2890. The molecule has 0 aliphatic carbocycles. The number of hydrogen-bond acceptors (Lipinski definition) is 4. The molecule has 57 heavy (non-hydrogen) atoms. The molecule has 0 aliphatic heterocycles. The summed E-state index contributed by atoms with van der Waals surface area (Å²) in [6.07, 6.45) is 0. The van der Waals surface area contributed by atoms with Crippen LogP contribution in [-0.2, 0) is 0 Å². The van der Waals surface area contributed by atoms with E-state index in [-0.39, 0.29) is 0 Å².